The van der Waals surface area contributed by atoms with Gasteiger partial charge in [-0.15, -0.1) is 0 Å². The molecule has 11 nitrogen and oxygen atoms in total. The van der Waals surface area contributed by atoms with Crippen LogP contribution in [0.2, 0.25) is 0 Å². The zero-order valence-electron chi connectivity index (χ0n) is 28.5. The molecule has 2 rings (SSSR count). The third kappa shape index (κ3) is 12.2. The van der Waals surface area contributed by atoms with E-state index >= 15 is 0 Å². The summed E-state index contributed by atoms with van der Waals surface area (Å²) in [7, 11) is 0. The van der Waals surface area contributed by atoms with E-state index in [9.17, 15) is 24.0 Å². The van der Waals surface area contributed by atoms with Crippen LogP contribution >= 0.6 is 0 Å². The van der Waals surface area contributed by atoms with Crippen molar-refractivity contribution >= 4 is 29.8 Å². The first-order valence-corrected chi connectivity index (χ1v) is 15.5. The van der Waals surface area contributed by atoms with Gasteiger partial charge in [-0.3, -0.25) is 14.4 Å². The highest BCUT2D eigenvalue weighted by Crippen LogP contribution is 2.28. The number of hydrogen-bond donors (Lipinski definition) is 3. The van der Waals surface area contributed by atoms with Crippen LogP contribution in [0.3, 0.4) is 0 Å². The summed E-state index contributed by atoms with van der Waals surface area (Å²) in [5, 5.41) is 5.45. The van der Waals surface area contributed by atoms with E-state index in [2.05, 4.69) is 10.6 Å². The second kappa shape index (κ2) is 16.2. The van der Waals surface area contributed by atoms with E-state index in [0.717, 1.165) is 11.1 Å². The first-order chi connectivity index (χ1) is 21.3. The average molecular weight is 639 g/mol. The summed E-state index contributed by atoms with van der Waals surface area (Å²) in [5.41, 5.74) is 5.80. The molecule has 0 heterocycles. The predicted molar refractivity (Wildman–Crippen MR) is 175 cm³/mol. The summed E-state index contributed by atoms with van der Waals surface area (Å²) < 4.78 is 11.1. The molecular weight excluding hydrogens is 588 g/mol. The average Bonchev–Trinajstić information content (AvgIpc) is 2.92. The van der Waals surface area contributed by atoms with Gasteiger partial charge in [0.1, 0.15) is 29.3 Å². The van der Waals surface area contributed by atoms with Crippen LogP contribution in [-0.4, -0.2) is 64.0 Å². The summed E-state index contributed by atoms with van der Waals surface area (Å²) in [5.74, 6) is -2.52. The molecule has 46 heavy (non-hydrogen) atoms. The van der Waals surface area contributed by atoms with Gasteiger partial charge in [-0.1, -0.05) is 54.6 Å². The number of aryl methyl sites for hydroxylation is 1. The number of hydrogen-bond acceptors (Lipinski definition) is 7. The van der Waals surface area contributed by atoms with Gasteiger partial charge in [-0.25, -0.2) is 9.59 Å². The summed E-state index contributed by atoms with van der Waals surface area (Å²) in [4.78, 5) is 68.1. The van der Waals surface area contributed by atoms with Gasteiger partial charge in [0.25, 0.3) is 0 Å². The lowest BCUT2D eigenvalue weighted by Crippen LogP contribution is -2.57. The molecule has 2 aromatic rings. The molecule has 252 valence electrons. The van der Waals surface area contributed by atoms with Crippen LogP contribution in [0.15, 0.2) is 54.6 Å². The number of esters is 1. The number of nitrogens with zero attached hydrogens (tertiary/aromatic N) is 1. The van der Waals surface area contributed by atoms with Crippen molar-refractivity contribution in [1.82, 2.24) is 15.5 Å². The van der Waals surface area contributed by atoms with Crippen molar-refractivity contribution in [3.63, 3.8) is 0 Å². The van der Waals surface area contributed by atoms with E-state index in [4.69, 9.17) is 15.2 Å². The Bertz CT molecular complexity index is 1360. The minimum atomic E-state index is -1.24. The second-order valence-corrected chi connectivity index (χ2v) is 13.6. The van der Waals surface area contributed by atoms with Gasteiger partial charge in [0, 0.05) is 18.9 Å². The molecule has 2 aromatic carbocycles. The lowest BCUT2D eigenvalue weighted by Gasteiger charge is -2.38. The van der Waals surface area contributed by atoms with Gasteiger partial charge < -0.3 is 30.7 Å². The maximum absolute atomic E-state index is 14.4. The highest BCUT2D eigenvalue weighted by Gasteiger charge is 2.40. The van der Waals surface area contributed by atoms with Crippen LogP contribution in [0.5, 0.6) is 0 Å². The molecule has 4 amide bonds. The summed E-state index contributed by atoms with van der Waals surface area (Å²) in [6, 6.07) is 12.2. The Kier molecular flexibility index (Phi) is 13.3. The van der Waals surface area contributed by atoms with Crippen LogP contribution in [0.4, 0.5) is 4.79 Å². The fourth-order valence-corrected chi connectivity index (χ4v) is 4.83. The van der Waals surface area contributed by atoms with E-state index in [-0.39, 0.29) is 19.3 Å². The number of primary amides is 1. The van der Waals surface area contributed by atoms with E-state index in [1.54, 1.807) is 67.5 Å². The maximum Gasteiger partial charge on any atom is 0.408 e. The first kappa shape index (κ1) is 37.8. The summed E-state index contributed by atoms with van der Waals surface area (Å²) in [6.07, 6.45) is -1.02. The minimum Gasteiger partial charge on any atom is -0.458 e. The van der Waals surface area contributed by atoms with E-state index in [0.29, 0.717) is 5.56 Å². The lowest BCUT2D eigenvalue weighted by molar-refractivity contribution is -0.159. The molecule has 0 saturated heterocycles. The van der Waals surface area contributed by atoms with Crippen molar-refractivity contribution in [3.8, 4) is 0 Å². The molecule has 3 unspecified atom stereocenters. The smallest absolute Gasteiger partial charge is 0.408 e. The molecule has 0 aliphatic carbocycles. The topological polar surface area (TPSA) is 157 Å². The van der Waals surface area contributed by atoms with Crippen molar-refractivity contribution < 1.29 is 33.4 Å². The molecule has 11 heteroatoms. The van der Waals surface area contributed by atoms with Crippen LogP contribution in [-0.2, 0) is 35.1 Å². The number of rotatable bonds is 13. The zero-order chi connectivity index (χ0) is 34.8. The quantitative estimate of drug-likeness (QED) is 0.273. The Balaban J connectivity index is 2.61. The molecule has 4 N–H and O–H groups in total. The van der Waals surface area contributed by atoms with Gasteiger partial charge in [-0.05, 0) is 85.4 Å². The van der Waals surface area contributed by atoms with E-state index in [1.807, 2.05) is 49.4 Å². The Labute approximate surface area is 272 Å². The molecule has 0 bridgehead atoms. The van der Waals surface area contributed by atoms with Crippen LogP contribution in [0.25, 0.3) is 0 Å². The Morgan fingerprint density at radius 1 is 0.804 bits per heavy atom. The number of nitrogens with one attached hydrogen (secondary N) is 2. The van der Waals surface area contributed by atoms with Crippen molar-refractivity contribution in [3.05, 3.63) is 71.3 Å². The predicted octanol–water partition coefficient (Wildman–Crippen LogP) is 4.50. The maximum atomic E-state index is 14.4. The summed E-state index contributed by atoms with van der Waals surface area (Å²) in [6.45, 7) is 15.6. The second-order valence-electron chi connectivity index (χ2n) is 13.6. The normalized spacial score (nSPS) is 13.6. The first-order valence-electron chi connectivity index (χ1n) is 15.5. The van der Waals surface area contributed by atoms with Gasteiger partial charge in [0.05, 0.1) is 0 Å². The Hall–Kier alpha value is -4.41. The Morgan fingerprint density at radius 3 is 1.89 bits per heavy atom. The molecule has 0 fully saturated rings. The minimum absolute atomic E-state index is 0.118. The monoisotopic (exact) mass is 638 g/mol. The van der Waals surface area contributed by atoms with Crippen LogP contribution < -0.4 is 16.4 Å². The molecule has 0 saturated carbocycles. The molecule has 0 spiro atoms. The number of ether oxygens (including phenoxy) is 2. The van der Waals surface area contributed by atoms with Crippen molar-refractivity contribution in [2.75, 3.05) is 0 Å². The Morgan fingerprint density at radius 2 is 1.37 bits per heavy atom. The third-order valence-electron chi connectivity index (χ3n) is 6.78. The molecule has 0 aromatic heterocycles. The van der Waals surface area contributed by atoms with Gasteiger partial charge in [-0.2, -0.15) is 0 Å². The molecule has 0 aliphatic heterocycles. The number of benzene rings is 2. The highest BCUT2D eigenvalue weighted by atomic mass is 16.6. The third-order valence-corrected chi connectivity index (χ3v) is 6.78. The largest absolute Gasteiger partial charge is 0.458 e. The molecular formula is C35H50N4O7. The van der Waals surface area contributed by atoms with Crippen molar-refractivity contribution in [2.24, 2.45) is 5.73 Å². The number of alkyl carbamates (subject to hydrolysis) is 1. The molecule has 0 radical (unpaired) electrons. The molecule has 3 atom stereocenters. The SMILES string of the molecule is Cc1ccccc1C(C(=O)NC(Cc1ccccc1)C(=O)OC(C)(C)C)N(C(=O)C(CCC(N)=O)NC(=O)OC(C)(C)C)C(C)C. The van der Waals surface area contributed by atoms with Gasteiger partial charge in [0.15, 0.2) is 0 Å². The number of nitrogens with two attached hydrogens (primary N) is 1. The summed E-state index contributed by atoms with van der Waals surface area (Å²) >= 11 is 0. The molecule has 0 aliphatic rings. The van der Waals surface area contributed by atoms with E-state index < -0.39 is 65.2 Å². The van der Waals surface area contributed by atoms with E-state index in [1.165, 1.54) is 4.90 Å². The van der Waals surface area contributed by atoms with Crippen LogP contribution in [0.1, 0.15) is 91.0 Å². The number of carbonyl (C=O) groups excluding carboxylic acids is 5. The van der Waals surface area contributed by atoms with Gasteiger partial charge >= 0.3 is 12.1 Å². The fraction of sp³-hybridized carbons (Fsp3) is 0.514. The van der Waals surface area contributed by atoms with Crippen LogP contribution in [0, 0.1) is 6.92 Å². The van der Waals surface area contributed by atoms with Crippen molar-refractivity contribution in [1.29, 1.82) is 0 Å². The fourth-order valence-electron chi connectivity index (χ4n) is 4.83. The number of carbonyl (C=O) groups is 5. The lowest BCUT2D eigenvalue weighted by atomic mass is 9.95. The van der Waals surface area contributed by atoms with Crippen molar-refractivity contribution in [2.45, 2.75) is 117 Å². The zero-order valence-corrected chi connectivity index (χ0v) is 28.5. The standard InChI is InChI=1S/C35H50N4O7/c1-22(2)39(31(42)26(19-20-28(36)40)38-33(44)46-35(7,8)9)29(25-18-14-13-15-23(25)3)30(41)37-27(32(43)45-34(4,5)6)21-24-16-11-10-12-17-24/h10-18,22,26-27,29H,19-21H2,1-9H3,(H2,36,40)(H,37,41)(H,38,44). The highest BCUT2D eigenvalue weighted by molar-refractivity contribution is 5.94. The number of amides is 4. The van der Waals surface area contributed by atoms with Gasteiger partial charge in [0.2, 0.25) is 17.7 Å².